The van der Waals surface area contributed by atoms with Crippen molar-refractivity contribution in [2.75, 3.05) is 0 Å². The maximum absolute atomic E-state index is 6.46. The van der Waals surface area contributed by atoms with Gasteiger partial charge in [0.1, 0.15) is 11.2 Å². The first-order valence-electron chi connectivity index (χ1n) is 16.6. The van der Waals surface area contributed by atoms with Crippen LogP contribution in [0.1, 0.15) is 0 Å². The molecule has 0 N–H and O–H groups in total. The lowest BCUT2D eigenvalue weighted by molar-refractivity contribution is 0.669. The lowest BCUT2D eigenvalue weighted by atomic mass is 9.92. The Bertz CT molecular complexity index is 2780. The minimum atomic E-state index is 0.669. The summed E-state index contributed by atoms with van der Waals surface area (Å²) in [5, 5.41) is 9.67. The molecule has 0 unspecified atom stereocenters. The fourth-order valence-electron chi connectivity index (χ4n) is 7.36. The number of aromatic nitrogens is 2. The van der Waals surface area contributed by atoms with Crippen LogP contribution in [0.4, 0.5) is 0 Å². The van der Waals surface area contributed by atoms with E-state index in [0.29, 0.717) is 5.82 Å². The van der Waals surface area contributed by atoms with Gasteiger partial charge in [0.25, 0.3) is 0 Å². The van der Waals surface area contributed by atoms with Crippen molar-refractivity contribution in [1.82, 2.24) is 9.97 Å². The van der Waals surface area contributed by atoms with Gasteiger partial charge in [0.2, 0.25) is 0 Å². The number of furan rings is 1. The van der Waals surface area contributed by atoms with Gasteiger partial charge in [-0.2, -0.15) is 0 Å². The Kier molecular flexibility index (Phi) is 6.18. The summed E-state index contributed by atoms with van der Waals surface area (Å²) in [6.45, 7) is 0. The second kappa shape index (κ2) is 11.0. The van der Waals surface area contributed by atoms with Crippen LogP contribution in [-0.4, -0.2) is 9.97 Å². The zero-order valence-electron chi connectivity index (χ0n) is 26.5. The highest BCUT2D eigenvalue weighted by molar-refractivity contribution is 6.25. The highest BCUT2D eigenvalue weighted by Crippen LogP contribution is 2.41. The molecule has 0 fully saturated rings. The number of hydrogen-bond donors (Lipinski definition) is 0. The summed E-state index contributed by atoms with van der Waals surface area (Å²) in [6, 6.07) is 59.7. The fourth-order valence-corrected chi connectivity index (χ4v) is 7.36. The van der Waals surface area contributed by atoms with Gasteiger partial charge in [-0.25, -0.2) is 9.97 Å². The van der Waals surface area contributed by atoms with Crippen molar-refractivity contribution in [3.63, 3.8) is 0 Å². The van der Waals surface area contributed by atoms with E-state index in [-0.39, 0.29) is 0 Å². The fraction of sp³-hybridized carbons (Fsp3) is 0. The molecule has 0 saturated heterocycles. The first-order chi connectivity index (χ1) is 24.3. The predicted molar refractivity (Wildman–Crippen MR) is 204 cm³/mol. The van der Waals surface area contributed by atoms with Gasteiger partial charge in [0.05, 0.1) is 11.4 Å². The molecular formula is C46H28N2O. The molecule has 0 spiro atoms. The number of rotatable bonds is 4. The van der Waals surface area contributed by atoms with Crippen molar-refractivity contribution >= 4 is 54.3 Å². The minimum absolute atomic E-state index is 0.669. The second-order valence-corrected chi connectivity index (χ2v) is 12.5. The Morgan fingerprint density at radius 1 is 0.327 bits per heavy atom. The molecule has 8 aromatic carbocycles. The zero-order chi connectivity index (χ0) is 32.3. The van der Waals surface area contributed by atoms with Crippen molar-refractivity contribution in [2.45, 2.75) is 0 Å². The smallest absolute Gasteiger partial charge is 0.161 e. The van der Waals surface area contributed by atoms with E-state index in [1.165, 1.54) is 32.3 Å². The molecule has 3 heteroatoms. The molecule has 0 amide bonds. The first kappa shape index (κ1) is 27.5. The van der Waals surface area contributed by atoms with Crippen LogP contribution in [0, 0.1) is 0 Å². The molecule has 2 aromatic heterocycles. The van der Waals surface area contributed by atoms with Crippen molar-refractivity contribution in [3.8, 4) is 45.0 Å². The van der Waals surface area contributed by atoms with Crippen molar-refractivity contribution in [1.29, 1.82) is 0 Å². The molecule has 2 heterocycles. The van der Waals surface area contributed by atoms with Crippen molar-refractivity contribution in [3.05, 3.63) is 170 Å². The molecule has 10 rings (SSSR count). The summed E-state index contributed by atoms with van der Waals surface area (Å²) in [5.41, 5.74) is 8.75. The molecule has 0 aliphatic carbocycles. The quantitative estimate of drug-likeness (QED) is 0.183. The van der Waals surface area contributed by atoms with Crippen LogP contribution in [0.5, 0.6) is 0 Å². The van der Waals surface area contributed by atoms with Crippen LogP contribution in [-0.2, 0) is 0 Å². The first-order valence-corrected chi connectivity index (χ1v) is 16.6. The molecule has 3 nitrogen and oxygen atoms in total. The van der Waals surface area contributed by atoms with Gasteiger partial charge in [-0.3, -0.25) is 0 Å². The van der Waals surface area contributed by atoms with E-state index in [0.717, 1.165) is 61.1 Å². The van der Waals surface area contributed by atoms with Crippen LogP contribution < -0.4 is 0 Å². The molecular weight excluding hydrogens is 597 g/mol. The standard InChI is InChI=1S/C46H28N2O/c1-3-12-29(13-4-1)41-28-42(30-14-5-2-6-15-30)48-46(47-41)38-20-11-21-44-45(38)40-27-32(23-25-43(40)49-44)31-22-24-37-35-18-8-7-16-33(35)34-17-9-10-19-36(34)39(37)26-31/h1-28H. The molecule has 0 atom stereocenters. The van der Waals surface area contributed by atoms with Gasteiger partial charge in [-0.15, -0.1) is 0 Å². The topological polar surface area (TPSA) is 38.9 Å². The lowest BCUT2D eigenvalue weighted by Crippen LogP contribution is -1.96. The van der Waals surface area contributed by atoms with Crippen molar-refractivity contribution in [2.24, 2.45) is 0 Å². The molecule has 10 aromatic rings. The second-order valence-electron chi connectivity index (χ2n) is 12.5. The molecule has 0 bridgehead atoms. The van der Waals surface area contributed by atoms with Gasteiger partial charge in [0.15, 0.2) is 5.82 Å². The number of benzene rings is 8. The van der Waals surface area contributed by atoms with E-state index in [1.807, 2.05) is 48.5 Å². The summed E-state index contributed by atoms with van der Waals surface area (Å²) in [4.78, 5) is 10.3. The van der Waals surface area contributed by atoms with Crippen LogP contribution in [0.3, 0.4) is 0 Å². The summed E-state index contributed by atoms with van der Waals surface area (Å²) < 4.78 is 6.46. The van der Waals surface area contributed by atoms with Gasteiger partial charge >= 0.3 is 0 Å². The van der Waals surface area contributed by atoms with Crippen LogP contribution in [0.2, 0.25) is 0 Å². The SMILES string of the molecule is c1ccc(-c2cc(-c3ccccc3)nc(-c3cccc4oc5ccc(-c6ccc7c8ccccc8c8ccccc8c7c6)cc5c34)n2)cc1. The van der Waals surface area contributed by atoms with E-state index < -0.39 is 0 Å². The van der Waals surface area contributed by atoms with Crippen LogP contribution in [0.15, 0.2) is 174 Å². The minimum Gasteiger partial charge on any atom is -0.456 e. The van der Waals surface area contributed by atoms with Crippen molar-refractivity contribution < 1.29 is 4.42 Å². The van der Waals surface area contributed by atoms with Gasteiger partial charge in [-0.05, 0) is 73.8 Å². The summed E-state index contributed by atoms with van der Waals surface area (Å²) in [5.74, 6) is 0.669. The third kappa shape index (κ3) is 4.51. The predicted octanol–water partition coefficient (Wildman–Crippen LogP) is 12.5. The molecule has 0 aliphatic heterocycles. The zero-order valence-corrected chi connectivity index (χ0v) is 26.5. The number of nitrogens with zero attached hydrogens (tertiary/aromatic N) is 2. The summed E-state index contributed by atoms with van der Waals surface area (Å²) >= 11 is 0. The van der Waals surface area contributed by atoms with Gasteiger partial charge in [0, 0.05) is 27.5 Å². The Morgan fingerprint density at radius 2 is 0.837 bits per heavy atom. The van der Waals surface area contributed by atoms with E-state index >= 15 is 0 Å². The average molecular weight is 625 g/mol. The monoisotopic (exact) mass is 624 g/mol. The highest BCUT2D eigenvalue weighted by Gasteiger charge is 2.18. The largest absolute Gasteiger partial charge is 0.456 e. The van der Waals surface area contributed by atoms with Crippen LogP contribution >= 0.6 is 0 Å². The normalized spacial score (nSPS) is 11.7. The maximum atomic E-state index is 6.46. The van der Waals surface area contributed by atoms with Crippen LogP contribution in [0.25, 0.3) is 99.3 Å². The van der Waals surface area contributed by atoms with E-state index in [9.17, 15) is 0 Å². The number of hydrogen-bond acceptors (Lipinski definition) is 3. The van der Waals surface area contributed by atoms with Gasteiger partial charge in [-0.1, -0.05) is 140 Å². The molecule has 49 heavy (non-hydrogen) atoms. The third-order valence-corrected chi connectivity index (χ3v) is 9.68. The molecule has 0 aliphatic rings. The highest BCUT2D eigenvalue weighted by atomic mass is 16.3. The number of fused-ring (bicyclic) bond motifs is 9. The maximum Gasteiger partial charge on any atom is 0.161 e. The summed E-state index contributed by atoms with van der Waals surface area (Å²) in [7, 11) is 0. The lowest BCUT2D eigenvalue weighted by Gasteiger charge is -2.12. The average Bonchev–Trinajstić information content (AvgIpc) is 3.57. The molecule has 228 valence electrons. The molecule has 0 radical (unpaired) electrons. The Morgan fingerprint density at radius 3 is 1.45 bits per heavy atom. The van der Waals surface area contributed by atoms with E-state index in [2.05, 4.69) is 121 Å². The Labute approximate surface area is 282 Å². The Balaban J connectivity index is 1.19. The van der Waals surface area contributed by atoms with E-state index in [1.54, 1.807) is 0 Å². The third-order valence-electron chi connectivity index (χ3n) is 9.68. The Hall–Kier alpha value is -6.58. The van der Waals surface area contributed by atoms with E-state index in [4.69, 9.17) is 14.4 Å². The summed E-state index contributed by atoms with van der Waals surface area (Å²) in [6.07, 6.45) is 0. The van der Waals surface area contributed by atoms with Gasteiger partial charge < -0.3 is 4.42 Å². The molecule has 0 saturated carbocycles.